The van der Waals surface area contributed by atoms with Gasteiger partial charge in [0.05, 0.1) is 5.69 Å². The van der Waals surface area contributed by atoms with Crippen molar-refractivity contribution >= 4 is 5.69 Å². The molecular weight excluding hydrogens is 194 g/mol. The van der Waals surface area contributed by atoms with Crippen LogP contribution in [0, 0.1) is 13.8 Å². The maximum atomic E-state index is 5.81. The molecule has 2 aromatic heterocycles. The fraction of sp³-hybridized carbons (Fsp3) is 0.333. The molecule has 0 aromatic carbocycles. The van der Waals surface area contributed by atoms with Gasteiger partial charge in [0.2, 0.25) is 11.8 Å². The maximum absolute atomic E-state index is 5.81. The largest absolute Gasteiger partial charge is 0.417 e. The van der Waals surface area contributed by atoms with Crippen molar-refractivity contribution in [3.63, 3.8) is 0 Å². The van der Waals surface area contributed by atoms with E-state index < -0.39 is 0 Å². The van der Waals surface area contributed by atoms with E-state index in [-0.39, 0.29) is 0 Å². The molecule has 0 atom stereocenters. The van der Waals surface area contributed by atoms with Crippen molar-refractivity contribution in [2.24, 2.45) is 7.05 Å². The number of aryl methyl sites for hydroxylation is 3. The average Bonchev–Trinajstić information content (AvgIpc) is 2.67. The highest BCUT2D eigenvalue weighted by molar-refractivity contribution is 5.53. The molecule has 80 valence electrons. The molecule has 2 aromatic rings. The first kappa shape index (κ1) is 9.57. The van der Waals surface area contributed by atoms with Crippen LogP contribution in [0.4, 0.5) is 5.69 Å². The number of anilines is 1. The molecule has 0 amide bonds. The van der Waals surface area contributed by atoms with E-state index in [0.29, 0.717) is 17.4 Å². The highest BCUT2D eigenvalue weighted by Crippen LogP contribution is 2.27. The second kappa shape index (κ2) is 3.30. The standard InChI is InChI=1S/C9H13N5O/c1-5-4-7(12-11-5)15-9-8(10)6(2)13-14(9)3/h4H,10H2,1-3H3,(H,11,12). The third kappa shape index (κ3) is 1.65. The lowest BCUT2D eigenvalue weighted by Crippen LogP contribution is -1.97. The van der Waals surface area contributed by atoms with Gasteiger partial charge in [0, 0.05) is 18.8 Å². The second-order valence-electron chi connectivity index (χ2n) is 3.42. The summed E-state index contributed by atoms with van der Waals surface area (Å²) in [4.78, 5) is 0. The van der Waals surface area contributed by atoms with Crippen LogP contribution in [0.1, 0.15) is 11.4 Å². The molecule has 0 saturated heterocycles. The summed E-state index contributed by atoms with van der Waals surface area (Å²) in [6.07, 6.45) is 0. The number of H-pyrrole nitrogens is 1. The summed E-state index contributed by atoms with van der Waals surface area (Å²) in [6, 6.07) is 1.79. The van der Waals surface area contributed by atoms with E-state index in [4.69, 9.17) is 10.5 Å². The number of rotatable bonds is 2. The third-order valence-corrected chi connectivity index (χ3v) is 2.10. The van der Waals surface area contributed by atoms with Gasteiger partial charge in [-0.3, -0.25) is 5.10 Å². The van der Waals surface area contributed by atoms with E-state index in [1.807, 2.05) is 13.8 Å². The lowest BCUT2D eigenvalue weighted by atomic mass is 10.4. The number of hydrogen-bond donors (Lipinski definition) is 2. The van der Waals surface area contributed by atoms with E-state index in [9.17, 15) is 0 Å². The van der Waals surface area contributed by atoms with Crippen molar-refractivity contribution in [2.45, 2.75) is 13.8 Å². The van der Waals surface area contributed by atoms with Crippen LogP contribution in [0.3, 0.4) is 0 Å². The fourth-order valence-corrected chi connectivity index (χ4v) is 1.32. The van der Waals surface area contributed by atoms with E-state index in [1.165, 1.54) is 0 Å². The zero-order valence-electron chi connectivity index (χ0n) is 8.90. The SMILES string of the molecule is Cc1cc(Oc2c(N)c(C)nn2C)n[nH]1. The van der Waals surface area contributed by atoms with Crippen LogP contribution in [0.2, 0.25) is 0 Å². The van der Waals surface area contributed by atoms with E-state index in [0.717, 1.165) is 11.4 Å². The summed E-state index contributed by atoms with van der Waals surface area (Å²) in [5.41, 5.74) is 8.03. The molecule has 0 unspecified atom stereocenters. The molecule has 0 fully saturated rings. The van der Waals surface area contributed by atoms with Gasteiger partial charge in [-0.25, -0.2) is 4.68 Å². The van der Waals surface area contributed by atoms with Crippen molar-refractivity contribution in [1.29, 1.82) is 0 Å². The van der Waals surface area contributed by atoms with Crippen molar-refractivity contribution in [3.8, 4) is 11.8 Å². The van der Waals surface area contributed by atoms with Crippen molar-refractivity contribution in [2.75, 3.05) is 5.73 Å². The quantitative estimate of drug-likeness (QED) is 0.773. The van der Waals surface area contributed by atoms with Crippen LogP contribution in [0.15, 0.2) is 6.07 Å². The van der Waals surface area contributed by atoms with Crippen molar-refractivity contribution in [3.05, 3.63) is 17.5 Å². The number of nitrogens with zero attached hydrogens (tertiary/aromatic N) is 3. The van der Waals surface area contributed by atoms with Gasteiger partial charge in [-0.1, -0.05) is 0 Å². The Bertz CT molecular complexity index is 485. The molecule has 0 saturated carbocycles. The molecule has 0 radical (unpaired) electrons. The van der Waals surface area contributed by atoms with Crippen LogP contribution in [0.25, 0.3) is 0 Å². The Morgan fingerprint density at radius 1 is 1.47 bits per heavy atom. The van der Waals surface area contributed by atoms with Gasteiger partial charge in [0.1, 0.15) is 5.69 Å². The molecule has 2 heterocycles. The number of hydrogen-bond acceptors (Lipinski definition) is 4. The number of aromatic nitrogens is 4. The molecule has 0 aliphatic carbocycles. The van der Waals surface area contributed by atoms with Crippen LogP contribution in [0.5, 0.6) is 11.8 Å². The lowest BCUT2D eigenvalue weighted by molar-refractivity contribution is 0.416. The number of nitrogens with one attached hydrogen (secondary N) is 1. The zero-order valence-corrected chi connectivity index (χ0v) is 8.90. The van der Waals surface area contributed by atoms with Gasteiger partial charge in [-0.2, -0.15) is 5.10 Å². The number of nitrogens with two attached hydrogens (primary N) is 1. The number of nitrogen functional groups attached to an aromatic ring is 1. The summed E-state index contributed by atoms with van der Waals surface area (Å²) in [5, 5.41) is 10.9. The lowest BCUT2D eigenvalue weighted by Gasteiger charge is -2.02. The first-order valence-corrected chi connectivity index (χ1v) is 4.57. The molecule has 3 N–H and O–H groups in total. The summed E-state index contributed by atoms with van der Waals surface area (Å²) in [5.74, 6) is 1.00. The first-order valence-electron chi connectivity index (χ1n) is 4.57. The Balaban J connectivity index is 2.31. The molecule has 0 aliphatic heterocycles. The van der Waals surface area contributed by atoms with Crippen molar-refractivity contribution in [1.82, 2.24) is 20.0 Å². The molecule has 0 bridgehead atoms. The summed E-state index contributed by atoms with van der Waals surface area (Å²) >= 11 is 0. The molecule has 0 spiro atoms. The van der Waals surface area contributed by atoms with Crippen LogP contribution >= 0.6 is 0 Å². The van der Waals surface area contributed by atoms with E-state index in [2.05, 4.69) is 15.3 Å². The Kier molecular flexibility index (Phi) is 2.11. The van der Waals surface area contributed by atoms with Crippen LogP contribution in [-0.4, -0.2) is 20.0 Å². The molecule has 15 heavy (non-hydrogen) atoms. The predicted molar refractivity (Wildman–Crippen MR) is 55.8 cm³/mol. The van der Waals surface area contributed by atoms with Crippen LogP contribution in [-0.2, 0) is 7.05 Å². The molecular formula is C9H13N5O. The first-order chi connectivity index (χ1) is 7.08. The average molecular weight is 207 g/mol. The van der Waals surface area contributed by atoms with Crippen molar-refractivity contribution < 1.29 is 4.74 Å². The third-order valence-electron chi connectivity index (χ3n) is 2.10. The second-order valence-corrected chi connectivity index (χ2v) is 3.42. The Hall–Kier alpha value is -1.98. The molecule has 2 rings (SSSR count). The fourth-order valence-electron chi connectivity index (χ4n) is 1.32. The summed E-state index contributed by atoms with van der Waals surface area (Å²) in [6.45, 7) is 3.73. The minimum Gasteiger partial charge on any atom is -0.417 e. The summed E-state index contributed by atoms with van der Waals surface area (Å²) < 4.78 is 7.11. The number of aromatic amines is 1. The van der Waals surface area contributed by atoms with Gasteiger partial charge in [0.25, 0.3) is 0 Å². The highest BCUT2D eigenvalue weighted by Gasteiger charge is 2.13. The Labute approximate surface area is 87.0 Å². The Morgan fingerprint density at radius 2 is 2.20 bits per heavy atom. The molecule has 6 nitrogen and oxygen atoms in total. The minimum atomic E-state index is 0.488. The number of ether oxygens (including phenoxy) is 1. The van der Waals surface area contributed by atoms with Gasteiger partial charge >= 0.3 is 0 Å². The van der Waals surface area contributed by atoms with E-state index >= 15 is 0 Å². The molecule has 0 aliphatic rings. The normalized spacial score (nSPS) is 10.6. The smallest absolute Gasteiger partial charge is 0.243 e. The minimum absolute atomic E-state index is 0.488. The van der Waals surface area contributed by atoms with Gasteiger partial charge in [-0.15, -0.1) is 5.10 Å². The van der Waals surface area contributed by atoms with Gasteiger partial charge in [-0.05, 0) is 13.8 Å². The van der Waals surface area contributed by atoms with Gasteiger partial charge < -0.3 is 10.5 Å². The molecule has 6 heteroatoms. The Morgan fingerprint density at radius 3 is 2.67 bits per heavy atom. The maximum Gasteiger partial charge on any atom is 0.243 e. The van der Waals surface area contributed by atoms with E-state index in [1.54, 1.807) is 17.8 Å². The topological polar surface area (TPSA) is 81.8 Å². The summed E-state index contributed by atoms with van der Waals surface area (Å²) in [7, 11) is 1.78. The zero-order chi connectivity index (χ0) is 11.0. The highest BCUT2D eigenvalue weighted by atomic mass is 16.5. The predicted octanol–water partition coefficient (Wildman–Crippen LogP) is 1.13. The van der Waals surface area contributed by atoms with Crippen LogP contribution < -0.4 is 10.5 Å². The monoisotopic (exact) mass is 207 g/mol. The van der Waals surface area contributed by atoms with Gasteiger partial charge in [0.15, 0.2) is 0 Å².